The molecular weight excluding hydrogens is 409 g/mol. The average molecular weight is 425 g/mol. The van der Waals surface area contributed by atoms with Crippen LogP contribution < -0.4 is 5.32 Å². The molecule has 0 aliphatic carbocycles. The van der Waals surface area contributed by atoms with E-state index in [0.29, 0.717) is 5.69 Å². The molecule has 2 heterocycles. The van der Waals surface area contributed by atoms with Gasteiger partial charge < -0.3 is 10.1 Å². The van der Waals surface area contributed by atoms with Crippen molar-refractivity contribution in [3.8, 4) is 0 Å². The van der Waals surface area contributed by atoms with Crippen LogP contribution in [0.1, 0.15) is 37.0 Å². The summed E-state index contributed by atoms with van der Waals surface area (Å²) in [5, 5.41) is 7.16. The van der Waals surface area contributed by atoms with Crippen molar-refractivity contribution in [2.24, 2.45) is 0 Å². The topological polar surface area (TPSA) is 86.1 Å². The molecule has 1 unspecified atom stereocenters. The first kappa shape index (κ1) is 21.2. The van der Waals surface area contributed by atoms with E-state index in [1.165, 1.54) is 13.8 Å². The summed E-state index contributed by atoms with van der Waals surface area (Å²) in [6.45, 7) is 4.66. The molecule has 0 radical (unpaired) electrons. The maximum Gasteiger partial charge on any atom is 0.436 e. The Morgan fingerprint density at radius 1 is 1.44 bits per heavy atom. The molecular formula is C15H16ClF3N4O3S. The van der Waals surface area contributed by atoms with Crippen LogP contribution >= 0.6 is 22.9 Å². The van der Waals surface area contributed by atoms with Gasteiger partial charge in [0.25, 0.3) is 5.91 Å². The van der Waals surface area contributed by atoms with Crippen LogP contribution in [0.15, 0.2) is 5.38 Å². The number of carbonyl (C=O) groups is 2. The van der Waals surface area contributed by atoms with Crippen LogP contribution in [0.2, 0.25) is 5.02 Å². The molecule has 1 amide bonds. The Labute approximate surface area is 161 Å². The number of hydrogen-bond donors (Lipinski definition) is 1. The molecule has 0 aromatic carbocycles. The lowest BCUT2D eigenvalue weighted by Crippen LogP contribution is -2.25. The number of anilines is 1. The molecule has 148 valence electrons. The van der Waals surface area contributed by atoms with Crippen molar-refractivity contribution >= 4 is 39.9 Å². The fraction of sp³-hybridized carbons (Fsp3) is 0.467. The molecule has 0 saturated carbocycles. The number of thiazole rings is 1. The average Bonchev–Trinajstić information content (AvgIpc) is 3.11. The highest BCUT2D eigenvalue weighted by Gasteiger charge is 2.39. The number of carbonyl (C=O) groups excluding carboxylic acids is 2. The van der Waals surface area contributed by atoms with Crippen LogP contribution in [0, 0.1) is 6.92 Å². The van der Waals surface area contributed by atoms with Crippen molar-refractivity contribution in [3.05, 3.63) is 27.5 Å². The van der Waals surface area contributed by atoms with E-state index in [1.54, 1.807) is 12.3 Å². The van der Waals surface area contributed by atoms with E-state index >= 15 is 0 Å². The second kappa shape index (κ2) is 8.26. The lowest BCUT2D eigenvalue weighted by Gasteiger charge is -2.13. The minimum Gasteiger partial charge on any atom is -0.466 e. The van der Waals surface area contributed by atoms with Crippen molar-refractivity contribution in [3.63, 3.8) is 0 Å². The van der Waals surface area contributed by atoms with Gasteiger partial charge in [0.15, 0.2) is 10.8 Å². The molecule has 27 heavy (non-hydrogen) atoms. The maximum atomic E-state index is 12.9. The van der Waals surface area contributed by atoms with Crippen LogP contribution in [0.25, 0.3) is 0 Å². The number of rotatable bonds is 6. The number of alkyl halides is 3. The molecule has 0 spiro atoms. The normalized spacial score (nSPS) is 12.7. The summed E-state index contributed by atoms with van der Waals surface area (Å²) in [7, 11) is 0. The number of hydrogen-bond acceptors (Lipinski definition) is 6. The summed E-state index contributed by atoms with van der Waals surface area (Å²) in [5.74, 6) is -1.07. The van der Waals surface area contributed by atoms with Gasteiger partial charge in [-0.3, -0.25) is 14.3 Å². The van der Waals surface area contributed by atoms with E-state index in [4.69, 9.17) is 16.3 Å². The fourth-order valence-corrected chi connectivity index (χ4v) is 3.13. The Hall–Kier alpha value is -2.14. The van der Waals surface area contributed by atoms with Gasteiger partial charge in [-0.25, -0.2) is 4.98 Å². The van der Waals surface area contributed by atoms with E-state index < -0.39 is 34.8 Å². The van der Waals surface area contributed by atoms with Crippen LogP contribution in [0.5, 0.6) is 0 Å². The smallest absolute Gasteiger partial charge is 0.436 e. The van der Waals surface area contributed by atoms with Gasteiger partial charge in [0, 0.05) is 5.38 Å². The zero-order chi connectivity index (χ0) is 20.4. The first-order valence-corrected chi connectivity index (χ1v) is 9.03. The summed E-state index contributed by atoms with van der Waals surface area (Å²) in [5.41, 5.74) is -0.805. The van der Waals surface area contributed by atoms with Gasteiger partial charge in [-0.1, -0.05) is 11.6 Å². The van der Waals surface area contributed by atoms with E-state index in [1.807, 2.05) is 0 Å². The first-order valence-electron chi connectivity index (χ1n) is 7.77. The molecule has 0 aliphatic heterocycles. The SMILES string of the molecule is CCOC(=O)Cc1csc(NC(=O)C(C)n2nc(C(F)(F)F)c(Cl)c2C)n1. The van der Waals surface area contributed by atoms with Crippen molar-refractivity contribution in [2.75, 3.05) is 11.9 Å². The molecule has 0 aliphatic rings. The zero-order valence-electron chi connectivity index (χ0n) is 14.6. The molecule has 7 nitrogen and oxygen atoms in total. The third-order valence-corrected chi connectivity index (χ3v) is 4.76. The summed E-state index contributed by atoms with van der Waals surface area (Å²) in [6, 6.07) is -1.06. The van der Waals surface area contributed by atoms with E-state index in [-0.39, 0.29) is 23.9 Å². The van der Waals surface area contributed by atoms with Crippen LogP contribution in [-0.4, -0.2) is 33.2 Å². The Morgan fingerprint density at radius 2 is 2.11 bits per heavy atom. The van der Waals surface area contributed by atoms with Crippen molar-refractivity contribution in [1.29, 1.82) is 0 Å². The summed E-state index contributed by atoms with van der Waals surface area (Å²) in [4.78, 5) is 27.9. The second-order valence-corrected chi connectivity index (χ2v) is 6.72. The van der Waals surface area contributed by atoms with Crippen LogP contribution in [0.3, 0.4) is 0 Å². The second-order valence-electron chi connectivity index (χ2n) is 5.48. The number of nitrogens with one attached hydrogen (secondary N) is 1. The molecule has 1 atom stereocenters. The van der Waals surface area contributed by atoms with Gasteiger partial charge >= 0.3 is 12.1 Å². The van der Waals surface area contributed by atoms with Crippen molar-refractivity contribution in [1.82, 2.24) is 14.8 Å². The Kier molecular flexibility index (Phi) is 6.47. The highest BCUT2D eigenvalue weighted by molar-refractivity contribution is 7.13. The maximum absolute atomic E-state index is 12.9. The van der Waals surface area contributed by atoms with Gasteiger partial charge in [-0.05, 0) is 20.8 Å². The minimum absolute atomic E-state index is 0.0220. The number of nitrogens with zero attached hydrogens (tertiary/aromatic N) is 3. The minimum atomic E-state index is -4.72. The number of aromatic nitrogens is 3. The summed E-state index contributed by atoms with van der Waals surface area (Å²) in [6.07, 6.45) is -4.76. The number of ether oxygens (including phenoxy) is 1. The van der Waals surface area contributed by atoms with Crippen molar-refractivity contribution < 1.29 is 27.5 Å². The largest absolute Gasteiger partial charge is 0.466 e. The van der Waals surface area contributed by atoms with E-state index in [9.17, 15) is 22.8 Å². The zero-order valence-corrected chi connectivity index (χ0v) is 16.1. The van der Waals surface area contributed by atoms with Gasteiger partial charge in [0.1, 0.15) is 6.04 Å². The highest BCUT2D eigenvalue weighted by Crippen LogP contribution is 2.36. The number of halogens is 4. The Bertz CT molecular complexity index is 850. The third kappa shape index (κ3) is 4.98. The van der Waals surface area contributed by atoms with Gasteiger partial charge in [-0.2, -0.15) is 18.3 Å². The highest BCUT2D eigenvalue weighted by atomic mass is 35.5. The summed E-state index contributed by atoms with van der Waals surface area (Å²) < 4.78 is 44.4. The molecule has 2 rings (SSSR count). The molecule has 1 N–H and O–H groups in total. The Morgan fingerprint density at radius 3 is 2.67 bits per heavy atom. The standard InChI is InChI=1S/C15H16ClF3N4O3S/c1-4-26-10(24)5-9-6-27-14(20-9)21-13(25)8(3)23-7(2)11(16)12(22-23)15(17,18)19/h6,8H,4-5H2,1-3H3,(H,20,21,25). The predicted octanol–water partition coefficient (Wildman–Crippen LogP) is 3.63. The molecule has 0 saturated heterocycles. The van der Waals surface area contributed by atoms with E-state index in [2.05, 4.69) is 15.4 Å². The number of esters is 1. The lowest BCUT2D eigenvalue weighted by molar-refractivity contribution is -0.142. The fourth-order valence-electron chi connectivity index (χ4n) is 2.18. The quantitative estimate of drug-likeness (QED) is 0.716. The monoisotopic (exact) mass is 424 g/mol. The third-order valence-electron chi connectivity index (χ3n) is 3.50. The Balaban J connectivity index is 2.11. The molecule has 0 fully saturated rings. The van der Waals surface area contributed by atoms with Gasteiger partial charge in [0.05, 0.1) is 29.4 Å². The molecule has 2 aromatic rings. The molecule has 12 heteroatoms. The lowest BCUT2D eigenvalue weighted by atomic mass is 10.3. The molecule has 2 aromatic heterocycles. The van der Waals surface area contributed by atoms with Crippen LogP contribution in [0.4, 0.5) is 18.3 Å². The molecule has 0 bridgehead atoms. The van der Waals surface area contributed by atoms with E-state index in [0.717, 1.165) is 16.0 Å². The van der Waals surface area contributed by atoms with Crippen molar-refractivity contribution in [2.45, 2.75) is 39.4 Å². The first-order chi connectivity index (χ1) is 12.5. The van der Waals surface area contributed by atoms with Gasteiger partial charge in [-0.15, -0.1) is 11.3 Å². The van der Waals surface area contributed by atoms with Gasteiger partial charge in [0.2, 0.25) is 0 Å². The number of amides is 1. The summed E-state index contributed by atoms with van der Waals surface area (Å²) >= 11 is 6.78. The van der Waals surface area contributed by atoms with Crippen LogP contribution in [-0.2, 0) is 26.9 Å². The predicted molar refractivity (Wildman–Crippen MR) is 92.8 cm³/mol.